The van der Waals surface area contributed by atoms with Crippen LogP contribution < -0.4 is 14.4 Å². The van der Waals surface area contributed by atoms with E-state index >= 15 is 0 Å². The lowest BCUT2D eigenvalue weighted by Crippen LogP contribution is -2.48. The molecule has 8 heteroatoms. The van der Waals surface area contributed by atoms with Crippen LogP contribution in [-0.2, 0) is 4.79 Å². The van der Waals surface area contributed by atoms with Crippen molar-refractivity contribution < 1.29 is 14.3 Å². The maximum absolute atomic E-state index is 12.7. The Morgan fingerprint density at radius 3 is 2.77 bits per heavy atom. The molecule has 3 aromatic rings. The molecule has 0 saturated carbocycles. The average molecular weight is 439 g/mol. The third kappa shape index (κ3) is 4.96. The van der Waals surface area contributed by atoms with Crippen molar-refractivity contribution in [2.45, 2.75) is 13.3 Å². The highest BCUT2D eigenvalue weighted by Crippen LogP contribution is 2.29. The Balaban J connectivity index is 1.35. The van der Waals surface area contributed by atoms with Crippen LogP contribution in [0.25, 0.3) is 16.4 Å². The van der Waals surface area contributed by atoms with Gasteiger partial charge in [-0.2, -0.15) is 0 Å². The van der Waals surface area contributed by atoms with Gasteiger partial charge in [0, 0.05) is 38.5 Å². The number of pyridine rings is 1. The second-order valence-corrected chi connectivity index (χ2v) is 8.18. The number of thiazole rings is 1. The minimum atomic E-state index is 0.0101. The lowest BCUT2D eigenvalue weighted by Gasteiger charge is -2.34. The van der Waals surface area contributed by atoms with E-state index < -0.39 is 0 Å². The van der Waals surface area contributed by atoms with Crippen molar-refractivity contribution in [2.24, 2.45) is 0 Å². The van der Waals surface area contributed by atoms with Crippen LogP contribution in [0.15, 0.2) is 42.6 Å². The van der Waals surface area contributed by atoms with Gasteiger partial charge in [-0.1, -0.05) is 24.3 Å². The van der Waals surface area contributed by atoms with Crippen LogP contribution in [0.1, 0.15) is 18.9 Å². The number of fused-ring (bicyclic) bond motifs is 1. The molecule has 31 heavy (non-hydrogen) atoms. The molecule has 0 aliphatic carbocycles. The van der Waals surface area contributed by atoms with Crippen LogP contribution in [0, 0.1) is 0 Å². The predicted octanol–water partition coefficient (Wildman–Crippen LogP) is 3.85. The van der Waals surface area contributed by atoms with Crippen molar-refractivity contribution in [2.75, 3.05) is 44.8 Å². The molecule has 1 fully saturated rings. The number of rotatable bonds is 7. The van der Waals surface area contributed by atoms with Crippen LogP contribution in [0.4, 0.5) is 5.13 Å². The first-order valence-electron chi connectivity index (χ1n) is 10.4. The summed E-state index contributed by atoms with van der Waals surface area (Å²) in [6.45, 7) is 5.56. The Morgan fingerprint density at radius 1 is 1.19 bits per heavy atom. The number of hydrogen-bond acceptors (Lipinski definition) is 7. The second kappa shape index (κ2) is 9.78. The molecule has 1 aliphatic rings. The molecule has 0 unspecified atom stereocenters. The van der Waals surface area contributed by atoms with Crippen LogP contribution >= 0.6 is 11.3 Å². The number of piperazine rings is 1. The second-order valence-electron chi connectivity index (χ2n) is 7.23. The predicted molar refractivity (Wildman–Crippen MR) is 124 cm³/mol. The van der Waals surface area contributed by atoms with Crippen molar-refractivity contribution >= 4 is 38.8 Å². The topological polar surface area (TPSA) is 67.8 Å². The summed E-state index contributed by atoms with van der Waals surface area (Å²) in [7, 11) is 1.62. The molecule has 1 saturated heterocycles. The number of ether oxygens (including phenoxy) is 2. The van der Waals surface area contributed by atoms with Gasteiger partial charge in [0.25, 0.3) is 0 Å². The van der Waals surface area contributed by atoms with Gasteiger partial charge in [0.15, 0.2) is 16.6 Å². The Labute approximate surface area is 185 Å². The number of anilines is 1. The monoisotopic (exact) mass is 438 g/mol. The van der Waals surface area contributed by atoms with E-state index in [0.29, 0.717) is 31.2 Å². The molecule has 0 atom stereocenters. The number of methoxy groups -OCH3 is 1. The van der Waals surface area contributed by atoms with E-state index in [9.17, 15) is 4.79 Å². The Kier molecular flexibility index (Phi) is 6.66. The van der Waals surface area contributed by atoms with Gasteiger partial charge in [-0.15, -0.1) is 0 Å². The molecule has 162 valence electrons. The van der Waals surface area contributed by atoms with E-state index in [1.54, 1.807) is 30.7 Å². The fourth-order valence-corrected chi connectivity index (χ4v) is 4.36. The highest BCUT2D eigenvalue weighted by Gasteiger charge is 2.22. The van der Waals surface area contributed by atoms with Gasteiger partial charge >= 0.3 is 0 Å². The molecule has 0 N–H and O–H groups in total. The van der Waals surface area contributed by atoms with Gasteiger partial charge in [-0.05, 0) is 42.3 Å². The molecule has 4 rings (SSSR count). The van der Waals surface area contributed by atoms with E-state index in [1.807, 2.05) is 41.3 Å². The van der Waals surface area contributed by atoms with Crippen LogP contribution in [0.3, 0.4) is 0 Å². The zero-order valence-corrected chi connectivity index (χ0v) is 18.6. The van der Waals surface area contributed by atoms with E-state index in [4.69, 9.17) is 9.47 Å². The molecule has 1 aliphatic heterocycles. The largest absolute Gasteiger partial charge is 0.493 e. The maximum Gasteiger partial charge on any atom is 0.246 e. The van der Waals surface area contributed by atoms with E-state index in [1.165, 1.54) is 0 Å². The highest BCUT2D eigenvalue weighted by molar-refractivity contribution is 7.21. The average Bonchev–Trinajstić information content (AvgIpc) is 3.26. The van der Waals surface area contributed by atoms with E-state index in [0.717, 1.165) is 40.6 Å². The number of aromatic nitrogens is 2. The Hall–Kier alpha value is -3.13. The van der Waals surface area contributed by atoms with Gasteiger partial charge in [0.05, 0.1) is 13.7 Å². The molecule has 0 spiro atoms. The molecule has 1 amide bonds. The van der Waals surface area contributed by atoms with Gasteiger partial charge in [-0.25, -0.2) is 9.97 Å². The van der Waals surface area contributed by atoms with Gasteiger partial charge in [0.2, 0.25) is 5.91 Å². The summed E-state index contributed by atoms with van der Waals surface area (Å²) in [6.07, 6.45) is 6.16. The summed E-state index contributed by atoms with van der Waals surface area (Å²) in [5, 5.41) is 0.966. The molecule has 0 radical (unpaired) electrons. The Morgan fingerprint density at radius 2 is 2.03 bits per heavy atom. The van der Waals surface area contributed by atoms with Gasteiger partial charge < -0.3 is 19.3 Å². The van der Waals surface area contributed by atoms with Crippen LogP contribution in [-0.4, -0.2) is 60.7 Å². The quantitative estimate of drug-likeness (QED) is 0.522. The standard InChI is InChI=1S/C23H26N4O3S/c1-3-15-30-19-8-6-17(16-20(19)29-2)7-9-21(28)26-11-13-27(14-12-26)23-25-18-5-4-10-24-22(18)31-23/h4-10,16H,3,11-15H2,1-2H3/b9-7+. The molecule has 3 heterocycles. The number of carbonyl (C=O) groups excluding carboxylic acids is 1. The molecular formula is C23H26N4O3S. The zero-order chi connectivity index (χ0) is 21.6. The number of benzene rings is 1. The smallest absolute Gasteiger partial charge is 0.246 e. The van der Waals surface area contributed by atoms with E-state index in [2.05, 4.69) is 21.8 Å². The van der Waals surface area contributed by atoms with Crippen LogP contribution in [0.2, 0.25) is 0 Å². The van der Waals surface area contributed by atoms with Crippen molar-refractivity contribution in [1.82, 2.24) is 14.9 Å². The lowest BCUT2D eigenvalue weighted by molar-refractivity contribution is -0.126. The Bertz CT molecular complexity index is 1040. The molecular weight excluding hydrogens is 412 g/mol. The van der Waals surface area contributed by atoms with Gasteiger partial charge in [0.1, 0.15) is 10.3 Å². The summed E-state index contributed by atoms with van der Waals surface area (Å²) in [6, 6.07) is 9.56. The number of nitrogens with zero attached hydrogens (tertiary/aromatic N) is 4. The molecule has 0 bridgehead atoms. The maximum atomic E-state index is 12.7. The minimum Gasteiger partial charge on any atom is -0.493 e. The molecule has 1 aromatic carbocycles. The highest BCUT2D eigenvalue weighted by atomic mass is 32.1. The van der Waals surface area contributed by atoms with E-state index in [-0.39, 0.29) is 5.91 Å². The summed E-state index contributed by atoms with van der Waals surface area (Å²) in [4.78, 5) is 26.7. The number of amides is 1. The molecule has 7 nitrogen and oxygen atoms in total. The number of hydrogen-bond donors (Lipinski definition) is 0. The minimum absolute atomic E-state index is 0.0101. The lowest BCUT2D eigenvalue weighted by atomic mass is 10.2. The SMILES string of the molecule is CCCOc1ccc(/C=C/C(=O)N2CCN(c3nc4cccnc4s3)CC2)cc1OC. The number of carbonyl (C=O) groups is 1. The first kappa shape index (κ1) is 21.1. The zero-order valence-electron chi connectivity index (χ0n) is 17.8. The fraction of sp³-hybridized carbons (Fsp3) is 0.348. The van der Waals surface area contributed by atoms with Crippen molar-refractivity contribution in [3.63, 3.8) is 0 Å². The first-order valence-corrected chi connectivity index (χ1v) is 11.2. The van der Waals surface area contributed by atoms with Crippen molar-refractivity contribution in [1.29, 1.82) is 0 Å². The third-order valence-electron chi connectivity index (χ3n) is 5.08. The van der Waals surface area contributed by atoms with Crippen LogP contribution in [0.5, 0.6) is 11.5 Å². The van der Waals surface area contributed by atoms with Crippen molar-refractivity contribution in [3.05, 3.63) is 48.2 Å². The normalized spacial score (nSPS) is 14.4. The van der Waals surface area contributed by atoms with Crippen molar-refractivity contribution in [3.8, 4) is 11.5 Å². The van der Waals surface area contributed by atoms with Gasteiger partial charge in [-0.3, -0.25) is 4.79 Å². The third-order valence-corrected chi connectivity index (χ3v) is 6.12. The summed E-state index contributed by atoms with van der Waals surface area (Å²) in [5.41, 5.74) is 1.82. The summed E-state index contributed by atoms with van der Waals surface area (Å²) < 4.78 is 11.1. The summed E-state index contributed by atoms with van der Waals surface area (Å²) in [5.74, 6) is 1.40. The molecule has 2 aromatic heterocycles. The fourth-order valence-electron chi connectivity index (χ4n) is 3.40. The first-order chi connectivity index (χ1) is 15.2. The summed E-state index contributed by atoms with van der Waals surface area (Å²) >= 11 is 1.59.